The van der Waals surface area contributed by atoms with Gasteiger partial charge >= 0.3 is 5.97 Å². The maximum Gasteiger partial charge on any atom is 0.328 e. The maximum atomic E-state index is 11.6. The Morgan fingerprint density at radius 3 is 2.45 bits per heavy atom. The van der Waals surface area contributed by atoms with E-state index in [0.717, 1.165) is 4.90 Å². The Bertz CT molecular complexity index is 464. The van der Waals surface area contributed by atoms with Crippen molar-refractivity contribution in [2.75, 3.05) is 5.75 Å². The zero-order chi connectivity index (χ0) is 15.1. The minimum atomic E-state index is -1.27. The number of carbonyl (C=O) groups excluding carboxylic acids is 1. The number of halogens is 1. The molecule has 1 aromatic carbocycles. The third kappa shape index (κ3) is 5.81. The number of nitrogens with one attached hydrogen (secondary N) is 1. The lowest BCUT2D eigenvalue weighted by Crippen LogP contribution is -2.47. The SMILES string of the molecule is C[C@@H](O)[C@H](NC(=O)CCSc1ccc(Cl)cc1)C(=O)O. The average Bonchev–Trinajstić information content (AvgIpc) is 2.37. The molecule has 0 unspecified atom stereocenters. The van der Waals surface area contributed by atoms with Crippen LogP contribution in [-0.2, 0) is 9.59 Å². The van der Waals surface area contributed by atoms with Gasteiger partial charge in [-0.1, -0.05) is 11.6 Å². The highest BCUT2D eigenvalue weighted by atomic mass is 35.5. The molecular weight excluding hydrogens is 302 g/mol. The first-order valence-electron chi connectivity index (χ1n) is 5.98. The molecule has 0 fully saturated rings. The number of rotatable bonds is 7. The van der Waals surface area contributed by atoms with E-state index < -0.39 is 24.0 Å². The van der Waals surface area contributed by atoms with E-state index in [-0.39, 0.29) is 6.42 Å². The van der Waals surface area contributed by atoms with Crippen LogP contribution >= 0.6 is 23.4 Å². The van der Waals surface area contributed by atoms with Crippen molar-refractivity contribution in [3.63, 3.8) is 0 Å². The van der Waals surface area contributed by atoms with Crippen molar-refractivity contribution in [1.82, 2.24) is 5.32 Å². The smallest absolute Gasteiger partial charge is 0.328 e. The van der Waals surface area contributed by atoms with Crippen molar-refractivity contribution in [3.8, 4) is 0 Å². The molecular formula is C13H16ClNO4S. The number of thioether (sulfide) groups is 1. The van der Waals surface area contributed by atoms with Crippen LogP contribution in [0.15, 0.2) is 29.2 Å². The lowest BCUT2D eigenvalue weighted by Gasteiger charge is -2.16. The summed E-state index contributed by atoms with van der Waals surface area (Å²) < 4.78 is 0. The van der Waals surface area contributed by atoms with Crippen molar-refractivity contribution >= 4 is 35.2 Å². The Hall–Kier alpha value is -1.24. The molecule has 0 radical (unpaired) electrons. The Labute approximate surface area is 126 Å². The lowest BCUT2D eigenvalue weighted by molar-refractivity contribution is -0.144. The van der Waals surface area contributed by atoms with E-state index in [9.17, 15) is 14.7 Å². The minimum Gasteiger partial charge on any atom is -0.480 e. The first kappa shape index (κ1) is 16.8. The summed E-state index contributed by atoms with van der Waals surface area (Å²) in [7, 11) is 0. The maximum absolute atomic E-state index is 11.6. The van der Waals surface area contributed by atoms with E-state index in [0.29, 0.717) is 10.8 Å². The number of benzene rings is 1. The van der Waals surface area contributed by atoms with E-state index in [4.69, 9.17) is 16.7 Å². The minimum absolute atomic E-state index is 0.170. The number of carboxylic acid groups (broad SMARTS) is 1. The van der Waals surface area contributed by atoms with E-state index >= 15 is 0 Å². The van der Waals surface area contributed by atoms with E-state index in [1.165, 1.54) is 18.7 Å². The molecule has 0 aliphatic rings. The topological polar surface area (TPSA) is 86.6 Å². The summed E-state index contributed by atoms with van der Waals surface area (Å²) in [5, 5.41) is 21.0. The summed E-state index contributed by atoms with van der Waals surface area (Å²) in [6, 6.07) is 5.94. The molecule has 0 aliphatic carbocycles. The van der Waals surface area contributed by atoms with Crippen molar-refractivity contribution in [2.24, 2.45) is 0 Å². The molecule has 1 rings (SSSR count). The Morgan fingerprint density at radius 2 is 1.95 bits per heavy atom. The highest BCUT2D eigenvalue weighted by molar-refractivity contribution is 7.99. The highest BCUT2D eigenvalue weighted by Crippen LogP contribution is 2.20. The van der Waals surface area contributed by atoms with Gasteiger partial charge in [-0.15, -0.1) is 11.8 Å². The Morgan fingerprint density at radius 1 is 1.35 bits per heavy atom. The van der Waals surface area contributed by atoms with E-state index in [1.807, 2.05) is 12.1 Å². The summed E-state index contributed by atoms with van der Waals surface area (Å²) in [5.41, 5.74) is 0. The second kappa shape index (κ2) is 8.14. The summed E-state index contributed by atoms with van der Waals surface area (Å²) in [6.45, 7) is 1.32. The summed E-state index contributed by atoms with van der Waals surface area (Å²) >= 11 is 7.23. The van der Waals surface area contributed by atoms with Gasteiger partial charge < -0.3 is 15.5 Å². The number of amides is 1. The van der Waals surface area contributed by atoms with Crippen LogP contribution in [0, 0.1) is 0 Å². The highest BCUT2D eigenvalue weighted by Gasteiger charge is 2.24. The predicted molar refractivity (Wildman–Crippen MR) is 78.0 cm³/mol. The van der Waals surface area contributed by atoms with Crippen LogP contribution in [0.1, 0.15) is 13.3 Å². The number of hydrogen-bond donors (Lipinski definition) is 3. The molecule has 1 amide bonds. The molecule has 1 aromatic rings. The van der Waals surface area contributed by atoms with Gasteiger partial charge in [0.1, 0.15) is 0 Å². The number of hydrogen-bond acceptors (Lipinski definition) is 4. The standard InChI is InChI=1S/C13H16ClNO4S/c1-8(16)12(13(18)19)15-11(17)6-7-20-10-4-2-9(14)3-5-10/h2-5,8,12,16H,6-7H2,1H3,(H,15,17)(H,18,19)/t8-,12+/m1/s1. The van der Waals surface area contributed by atoms with Crippen LogP contribution in [-0.4, -0.2) is 40.0 Å². The quantitative estimate of drug-likeness (QED) is 0.667. The first-order valence-corrected chi connectivity index (χ1v) is 7.35. The number of aliphatic hydroxyl groups is 1. The largest absolute Gasteiger partial charge is 0.480 e. The molecule has 5 nitrogen and oxygen atoms in total. The van der Waals surface area contributed by atoms with Crippen LogP contribution in [0.5, 0.6) is 0 Å². The number of carboxylic acids is 1. The van der Waals surface area contributed by atoms with Gasteiger partial charge in [0, 0.05) is 22.1 Å². The zero-order valence-corrected chi connectivity index (χ0v) is 12.4. The molecule has 110 valence electrons. The molecule has 0 aliphatic heterocycles. The number of carbonyl (C=O) groups is 2. The van der Waals surface area contributed by atoms with Gasteiger partial charge in [-0.05, 0) is 31.2 Å². The fourth-order valence-corrected chi connectivity index (χ4v) is 2.40. The van der Waals surface area contributed by atoms with Gasteiger partial charge in [0.15, 0.2) is 6.04 Å². The van der Waals surface area contributed by atoms with Gasteiger partial charge in [-0.3, -0.25) is 4.79 Å². The molecule has 0 bridgehead atoms. The molecule has 7 heteroatoms. The molecule has 2 atom stereocenters. The van der Waals surface area contributed by atoms with Crippen LogP contribution < -0.4 is 5.32 Å². The number of aliphatic carboxylic acids is 1. The van der Waals surface area contributed by atoms with Gasteiger partial charge in [0.25, 0.3) is 0 Å². The summed E-state index contributed by atoms with van der Waals surface area (Å²) in [5.74, 6) is -1.14. The van der Waals surface area contributed by atoms with Gasteiger partial charge in [0.2, 0.25) is 5.91 Å². The summed E-state index contributed by atoms with van der Waals surface area (Å²) in [6.07, 6.45) is -0.968. The Balaban J connectivity index is 2.36. The van der Waals surface area contributed by atoms with Crippen LogP contribution in [0.4, 0.5) is 0 Å². The van der Waals surface area contributed by atoms with Crippen molar-refractivity contribution in [3.05, 3.63) is 29.3 Å². The van der Waals surface area contributed by atoms with Crippen molar-refractivity contribution < 1.29 is 19.8 Å². The second-order valence-corrected chi connectivity index (χ2v) is 5.78. The van der Waals surface area contributed by atoms with E-state index in [1.54, 1.807) is 12.1 Å². The predicted octanol–water partition coefficient (Wildman–Crippen LogP) is 1.77. The van der Waals surface area contributed by atoms with Crippen LogP contribution in [0.25, 0.3) is 0 Å². The third-order valence-corrected chi connectivity index (χ3v) is 3.74. The number of aliphatic hydroxyl groups excluding tert-OH is 1. The van der Waals surface area contributed by atoms with Gasteiger partial charge in [-0.25, -0.2) is 4.79 Å². The van der Waals surface area contributed by atoms with Gasteiger partial charge in [-0.2, -0.15) is 0 Å². The first-order chi connectivity index (χ1) is 9.40. The monoisotopic (exact) mass is 317 g/mol. The Kier molecular flexibility index (Phi) is 6.84. The summed E-state index contributed by atoms with van der Waals surface area (Å²) in [4.78, 5) is 23.4. The van der Waals surface area contributed by atoms with E-state index in [2.05, 4.69) is 5.32 Å². The lowest BCUT2D eigenvalue weighted by atomic mass is 10.2. The normalized spacial score (nSPS) is 13.6. The average molecular weight is 318 g/mol. The van der Waals surface area contributed by atoms with Crippen LogP contribution in [0.2, 0.25) is 5.02 Å². The zero-order valence-electron chi connectivity index (χ0n) is 10.9. The van der Waals surface area contributed by atoms with Gasteiger partial charge in [0.05, 0.1) is 6.10 Å². The fraction of sp³-hybridized carbons (Fsp3) is 0.385. The van der Waals surface area contributed by atoms with Crippen molar-refractivity contribution in [2.45, 2.75) is 30.4 Å². The molecule has 0 saturated heterocycles. The molecule has 0 heterocycles. The molecule has 0 aromatic heterocycles. The molecule has 0 spiro atoms. The van der Waals surface area contributed by atoms with Crippen LogP contribution in [0.3, 0.4) is 0 Å². The molecule has 0 saturated carbocycles. The second-order valence-electron chi connectivity index (χ2n) is 4.18. The van der Waals surface area contributed by atoms with Crippen molar-refractivity contribution in [1.29, 1.82) is 0 Å². The molecule has 3 N–H and O–H groups in total. The molecule has 20 heavy (non-hydrogen) atoms. The fourth-order valence-electron chi connectivity index (χ4n) is 1.43. The third-order valence-electron chi connectivity index (χ3n) is 2.48.